The number of halogens is 2. The number of hydrogen-bond donors (Lipinski definition) is 0. The molecule has 1 aliphatic heterocycles. The zero-order chi connectivity index (χ0) is 14.1. The first-order valence-electron chi connectivity index (χ1n) is 6.04. The molecule has 2 aromatic rings. The molecule has 0 aliphatic carbocycles. The monoisotopic (exact) mass is 340 g/mol. The van der Waals surface area contributed by atoms with Crippen LogP contribution >= 0.6 is 15.9 Å². The Morgan fingerprint density at radius 3 is 2.95 bits per heavy atom. The lowest BCUT2D eigenvalue weighted by molar-refractivity contribution is -0.127. The molecular formula is C13H10BrFN2O3. The van der Waals surface area contributed by atoms with Gasteiger partial charge in [-0.1, -0.05) is 21.1 Å². The summed E-state index contributed by atoms with van der Waals surface area (Å²) in [4.78, 5) is 15.9. The lowest BCUT2D eigenvalue weighted by atomic mass is 10.0. The van der Waals surface area contributed by atoms with E-state index in [2.05, 4.69) is 26.1 Å². The topological polar surface area (TPSA) is 65.2 Å². The Morgan fingerprint density at radius 1 is 1.35 bits per heavy atom. The second-order valence-electron chi connectivity index (χ2n) is 4.46. The predicted octanol–water partition coefficient (Wildman–Crippen LogP) is 2.71. The summed E-state index contributed by atoms with van der Waals surface area (Å²) in [7, 11) is 0. The van der Waals surface area contributed by atoms with Crippen molar-refractivity contribution in [2.45, 2.75) is 12.3 Å². The van der Waals surface area contributed by atoms with E-state index < -0.39 is 11.7 Å². The minimum absolute atomic E-state index is 0.0203. The molecule has 104 valence electrons. The van der Waals surface area contributed by atoms with E-state index in [9.17, 15) is 9.18 Å². The Bertz CT molecular complexity index is 639. The molecule has 20 heavy (non-hydrogen) atoms. The van der Waals surface area contributed by atoms with Crippen LogP contribution in [0.3, 0.4) is 0 Å². The number of aromatic nitrogens is 2. The van der Waals surface area contributed by atoms with Gasteiger partial charge in [-0.15, -0.1) is 0 Å². The number of Topliss-reactive ketones (excluding diaryl/α,β-unsaturated/α-hetero) is 1. The summed E-state index contributed by atoms with van der Waals surface area (Å²) in [6.45, 7) is 0.667. The highest BCUT2D eigenvalue weighted by molar-refractivity contribution is 9.10. The van der Waals surface area contributed by atoms with Gasteiger partial charge in [0.25, 0.3) is 0 Å². The van der Waals surface area contributed by atoms with Gasteiger partial charge in [-0.3, -0.25) is 4.79 Å². The third kappa shape index (κ3) is 2.64. The van der Waals surface area contributed by atoms with Crippen molar-refractivity contribution < 1.29 is 18.4 Å². The maximum absolute atomic E-state index is 13.3. The van der Waals surface area contributed by atoms with Crippen LogP contribution in [0.25, 0.3) is 11.4 Å². The van der Waals surface area contributed by atoms with E-state index in [-0.39, 0.29) is 24.1 Å². The van der Waals surface area contributed by atoms with Crippen molar-refractivity contribution in [3.63, 3.8) is 0 Å². The van der Waals surface area contributed by atoms with Gasteiger partial charge in [0.2, 0.25) is 11.7 Å². The summed E-state index contributed by atoms with van der Waals surface area (Å²) in [6.07, 6.45) is 0.341. The maximum Gasteiger partial charge on any atom is 0.239 e. The van der Waals surface area contributed by atoms with Gasteiger partial charge in [0, 0.05) is 16.5 Å². The molecule has 0 radical (unpaired) electrons. The fraction of sp³-hybridized carbons (Fsp3) is 0.308. The number of carbonyl (C=O) groups excluding carboxylic acids is 1. The molecule has 1 aliphatic rings. The van der Waals surface area contributed by atoms with Crippen LogP contribution in [0.2, 0.25) is 0 Å². The van der Waals surface area contributed by atoms with Crippen molar-refractivity contribution >= 4 is 21.7 Å². The average Bonchev–Trinajstić information content (AvgIpc) is 2.87. The molecule has 1 saturated heterocycles. The number of benzene rings is 1. The molecule has 3 rings (SSSR count). The van der Waals surface area contributed by atoms with Crippen LogP contribution in [0.5, 0.6) is 0 Å². The zero-order valence-corrected chi connectivity index (χ0v) is 11.9. The average molecular weight is 341 g/mol. The van der Waals surface area contributed by atoms with Gasteiger partial charge in [-0.2, -0.15) is 4.98 Å². The van der Waals surface area contributed by atoms with Crippen molar-refractivity contribution in [3.8, 4) is 11.4 Å². The minimum Gasteiger partial charge on any atom is -0.380 e. The van der Waals surface area contributed by atoms with Crippen LogP contribution in [0.1, 0.15) is 18.2 Å². The molecule has 1 unspecified atom stereocenters. The lowest BCUT2D eigenvalue weighted by Crippen LogP contribution is -2.25. The third-order valence-corrected chi connectivity index (χ3v) is 3.48. The second-order valence-corrected chi connectivity index (χ2v) is 5.37. The maximum atomic E-state index is 13.3. The van der Waals surface area contributed by atoms with Gasteiger partial charge in [0.1, 0.15) is 17.5 Å². The molecule has 0 spiro atoms. The summed E-state index contributed by atoms with van der Waals surface area (Å²) in [5.74, 6) is -0.449. The molecule has 1 fully saturated rings. The molecule has 5 nitrogen and oxygen atoms in total. The summed E-state index contributed by atoms with van der Waals surface area (Å²) < 4.78 is 24.3. The predicted molar refractivity (Wildman–Crippen MR) is 70.6 cm³/mol. The summed E-state index contributed by atoms with van der Waals surface area (Å²) >= 11 is 3.20. The van der Waals surface area contributed by atoms with Gasteiger partial charge >= 0.3 is 0 Å². The normalized spacial score (nSPS) is 19.3. The first kappa shape index (κ1) is 13.4. The molecule has 7 heteroatoms. The molecule has 2 heterocycles. The molecule has 1 atom stereocenters. The number of nitrogens with zero attached hydrogens (tertiary/aromatic N) is 2. The molecular weight excluding hydrogens is 331 g/mol. The second kappa shape index (κ2) is 5.41. The number of ketones is 1. The van der Waals surface area contributed by atoms with Gasteiger partial charge in [-0.05, 0) is 18.2 Å². The molecule has 0 amide bonds. The minimum atomic E-state index is -0.526. The van der Waals surface area contributed by atoms with E-state index in [1.54, 1.807) is 6.07 Å². The largest absolute Gasteiger partial charge is 0.380 e. The van der Waals surface area contributed by atoms with Gasteiger partial charge in [-0.25, -0.2) is 4.39 Å². The first-order valence-corrected chi connectivity index (χ1v) is 6.83. The van der Waals surface area contributed by atoms with Crippen LogP contribution in [0.4, 0.5) is 4.39 Å². The van der Waals surface area contributed by atoms with E-state index in [1.165, 1.54) is 12.1 Å². The fourth-order valence-electron chi connectivity index (χ4n) is 2.03. The molecule has 0 saturated carbocycles. The lowest BCUT2D eigenvalue weighted by Gasteiger charge is -2.16. The van der Waals surface area contributed by atoms with Crippen LogP contribution in [-0.2, 0) is 9.53 Å². The van der Waals surface area contributed by atoms with E-state index in [0.29, 0.717) is 23.1 Å². The van der Waals surface area contributed by atoms with Gasteiger partial charge in [0.05, 0.1) is 13.2 Å². The smallest absolute Gasteiger partial charge is 0.239 e. The Kier molecular flexibility index (Phi) is 3.62. The molecule has 0 N–H and O–H groups in total. The Hall–Kier alpha value is -1.60. The van der Waals surface area contributed by atoms with E-state index >= 15 is 0 Å². The third-order valence-electron chi connectivity index (χ3n) is 3.03. The van der Waals surface area contributed by atoms with E-state index in [4.69, 9.17) is 9.26 Å². The Labute approximate surface area is 122 Å². The summed E-state index contributed by atoms with van der Waals surface area (Å²) in [5.41, 5.74) is 0.482. The van der Waals surface area contributed by atoms with Crippen molar-refractivity contribution in [1.82, 2.24) is 10.1 Å². The van der Waals surface area contributed by atoms with Crippen molar-refractivity contribution in [2.24, 2.45) is 0 Å². The summed E-state index contributed by atoms with van der Waals surface area (Å²) in [6, 6.07) is 4.32. The number of rotatable bonds is 2. The van der Waals surface area contributed by atoms with Crippen LogP contribution < -0.4 is 0 Å². The Balaban J connectivity index is 1.91. The highest BCUT2D eigenvalue weighted by Crippen LogP contribution is 2.26. The molecule has 1 aromatic carbocycles. The van der Waals surface area contributed by atoms with Crippen molar-refractivity contribution in [3.05, 3.63) is 34.4 Å². The summed E-state index contributed by atoms with van der Waals surface area (Å²) in [5, 5.41) is 3.80. The van der Waals surface area contributed by atoms with E-state index in [1.807, 2.05) is 0 Å². The highest BCUT2D eigenvalue weighted by Gasteiger charge is 2.30. The van der Waals surface area contributed by atoms with Crippen LogP contribution in [0.15, 0.2) is 27.2 Å². The fourth-order valence-corrected chi connectivity index (χ4v) is 2.49. The molecule has 1 aromatic heterocycles. The van der Waals surface area contributed by atoms with Gasteiger partial charge in [0.15, 0.2) is 0 Å². The van der Waals surface area contributed by atoms with Crippen LogP contribution in [-0.4, -0.2) is 29.1 Å². The standard InChI is InChI=1S/C13H10BrFN2O3/c14-8-3-7(4-9(15)5-8)12-16-13(20-17-12)10-6-19-2-1-11(10)18/h3-5,10H,1-2,6H2. The van der Waals surface area contributed by atoms with E-state index in [0.717, 1.165) is 0 Å². The van der Waals surface area contributed by atoms with Crippen molar-refractivity contribution in [1.29, 1.82) is 0 Å². The Morgan fingerprint density at radius 2 is 2.20 bits per heavy atom. The quantitative estimate of drug-likeness (QED) is 0.840. The number of carbonyl (C=O) groups is 1. The van der Waals surface area contributed by atoms with Crippen molar-refractivity contribution in [2.75, 3.05) is 13.2 Å². The van der Waals surface area contributed by atoms with Gasteiger partial charge < -0.3 is 9.26 Å². The first-order chi connectivity index (χ1) is 9.63. The zero-order valence-electron chi connectivity index (χ0n) is 10.3. The SMILES string of the molecule is O=C1CCOCC1c1nc(-c2cc(F)cc(Br)c2)no1. The highest BCUT2D eigenvalue weighted by atomic mass is 79.9. The number of hydrogen-bond acceptors (Lipinski definition) is 5. The number of ether oxygens (including phenoxy) is 1. The molecule has 0 bridgehead atoms. The van der Waals surface area contributed by atoms with Crippen LogP contribution in [0, 0.1) is 5.82 Å².